The number of para-hydroxylation sites is 2. The standard InChI is InChI=1S/C23H20BN3/c1-17-9-8-10-18(2)22(17)24-26-16-15-25-23(26)20-13-6-7-14-21(20)27(24)19-11-4-3-5-12-19/h3-16H,1-2H3. The number of rotatable bonds is 2. The molecule has 1 aliphatic heterocycles. The third kappa shape index (κ3) is 2.41. The molecule has 0 N–H and O–H groups in total. The van der Waals surface area contributed by atoms with Crippen LogP contribution < -0.4 is 10.3 Å². The molecule has 0 amide bonds. The van der Waals surface area contributed by atoms with Crippen molar-refractivity contribution in [1.82, 2.24) is 9.46 Å². The van der Waals surface area contributed by atoms with Gasteiger partial charge in [-0.2, -0.15) is 0 Å². The van der Waals surface area contributed by atoms with Crippen molar-refractivity contribution < 1.29 is 0 Å². The van der Waals surface area contributed by atoms with Crippen LogP contribution in [0.3, 0.4) is 0 Å². The van der Waals surface area contributed by atoms with Gasteiger partial charge in [0.1, 0.15) is 5.82 Å². The average molecular weight is 349 g/mol. The van der Waals surface area contributed by atoms with E-state index in [0.717, 1.165) is 11.4 Å². The summed E-state index contributed by atoms with van der Waals surface area (Å²) in [5.74, 6) is 1.02. The molecule has 0 radical (unpaired) electrons. The molecule has 2 heterocycles. The average Bonchev–Trinajstić information content (AvgIpc) is 3.18. The third-order valence-corrected chi connectivity index (χ3v) is 5.42. The van der Waals surface area contributed by atoms with E-state index in [2.05, 4.69) is 102 Å². The number of nitrogens with zero attached hydrogens (tertiary/aromatic N) is 3. The summed E-state index contributed by atoms with van der Waals surface area (Å²) in [6.45, 7) is 4.42. The smallest absolute Gasteiger partial charge is 0.361 e. The lowest BCUT2D eigenvalue weighted by Crippen LogP contribution is -2.55. The Morgan fingerprint density at radius 1 is 0.778 bits per heavy atom. The van der Waals surface area contributed by atoms with Crippen molar-refractivity contribution in [2.75, 3.05) is 4.81 Å². The minimum Gasteiger partial charge on any atom is -0.361 e. The lowest BCUT2D eigenvalue weighted by molar-refractivity contribution is 1.11. The van der Waals surface area contributed by atoms with Gasteiger partial charge in [0.15, 0.2) is 0 Å². The fourth-order valence-corrected chi connectivity index (χ4v) is 4.22. The quantitative estimate of drug-likeness (QED) is 0.495. The fourth-order valence-electron chi connectivity index (χ4n) is 4.22. The Balaban J connectivity index is 1.85. The molecular weight excluding hydrogens is 329 g/mol. The van der Waals surface area contributed by atoms with Crippen LogP contribution in [0.4, 0.5) is 11.4 Å². The molecule has 0 saturated carbocycles. The van der Waals surface area contributed by atoms with Crippen LogP contribution >= 0.6 is 0 Å². The Bertz CT molecular complexity index is 1100. The fraction of sp³-hybridized carbons (Fsp3) is 0.0870. The normalized spacial score (nSPS) is 12.7. The van der Waals surface area contributed by atoms with Gasteiger partial charge in [-0.05, 0) is 43.6 Å². The van der Waals surface area contributed by atoms with Crippen LogP contribution in [0, 0.1) is 13.8 Å². The monoisotopic (exact) mass is 349 g/mol. The highest BCUT2D eigenvalue weighted by Gasteiger charge is 2.39. The van der Waals surface area contributed by atoms with E-state index >= 15 is 0 Å². The van der Waals surface area contributed by atoms with E-state index in [-0.39, 0.29) is 6.98 Å². The zero-order valence-corrected chi connectivity index (χ0v) is 15.5. The van der Waals surface area contributed by atoms with Crippen LogP contribution in [-0.2, 0) is 0 Å². The highest BCUT2D eigenvalue weighted by atomic mass is 15.2. The van der Waals surface area contributed by atoms with E-state index in [1.165, 1.54) is 28.0 Å². The highest BCUT2D eigenvalue weighted by Crippen LogP contribution is 2.39. The van der Waals surface area contributed by atoms with E-state index in [1.54, 1.807) is 0 Å². The Hall–Kier alpha value is -3.27. The molecule has 27 heavy (non-hydrogen) atoms. The summed E-state index contributed by atoms with van der Waals surface area (Å²) in [6, 6.07) is 25.7. The van der Waals surface area contributed by atoms with Gasteiger partial charge in [-0.15, -0.1) is 0 Å². The topological polar surface area (TPSA) is 21.1 Å². The number of imidazole rings is 1. The Morgan fingerprint density at radius 3 is 2.26 bits per heavy atom. The van der Waals surface area contributed by atoms with Crippen molar-refractivity contribution in [3.8, 4) is 11.4 Å². The molecule has 3 nitrogen and oxygen atoms in total. The van der Waals surface area contributed by atoms with Crippen molar-refractivity contribution in [2.45, 2.75) is 13.8 Å². The van der Waals surface area contributed by atoms with E-state index in [4.69, 9.17) is 4.98 Å². The van der Waals surface area contributed by atoms with Gasteiger partial charge < -0.3 is 9.29 Å². The van der Waals surface area contributed by atoms with E-state index < -0.39 is 0 Å². The Labute approximate surface area is 160 Å². The molecule has 0 saturated heterocycles. The van der Waals surface area contributed by atoms with Crippen molar-refractivity contribution in [1.29, 1.82) is 0 Å². The predicted octanol–water partition coefficient (Wildman–Crippen LogP) is 4.56. The van der Waals surface area contributed by atoms with Gasteiger partial charge in [-0.3, -0.25) is 0 Å². The predicted molar refractivity (Wildman–Crippen MR) is 113 cm³/mol. The second kappa shape index (κ2) is 6.17. The van der Waals surface area contributed by atoms with Crippen LogP contribution in [-0.4, -0.2) is 16.4 Å². The third-order valence-electron chi connectivity index (χ3n) is 5.42. The summed E-state index contributed by atoms with van der Waals surface area (Å²) in [4.78, 5) is 7.13. The number of hydrogen-bond donors (Lipinski definition) is 0. The molecule has 0 unspecified atom stereocenters. The van der Waals surface area contributed by atoms with Gasteiger partial charge in [-0.25, -0.2) is 4.98 Å². The maximum absolute atomic E-state index is 4.70. The molecule has 0 atom stereocenters. The largest absolute Gasteiger partial charge is 0.421 e. The molecule has 5 rings (SSSR count). The summed E-state index contributed by atoms with van der Waals surface area (Å²) in [6.07, 6.45) is 4.00. The first kappa shape index (κ1) is 15.9. The zero-order chi connectivity index (χ0) is 18.4. The van der Waals surface area contributed by atoms with E-state index in [9.17, 15) is 0 Å². The molecule has 1 aliphatic rings. The molecule has 0 spiro atoms. The molecule has 4 aromatic rings. The highest BCUT2D eigenvalue weighted by molar-refractivity contribution is 6.78. The van der Waals surface area contributed by atoms with E-state index in [1.807, 2.05) is 6.20 Å². The van der Waals surface area contributed by atoms with Crippen molar-refractivity contribution >= 4 is 23.8 Å². The lowest BCUT2D eigenvalue weighted by Gasteiger charge is -2.38. The first-order chi connectivity index (χ1) is 13.3. The first-order valence-electron chi connectivity index (χ1n) is 9.28. The van der Waals surface area contributed by atoms with Crippen molar-refractivity contribution in [3.05, 3.63) is 96.3 Å². The minimum atomic E-state index is 0.0287. The van der Waals surface area contributed by atoms with Crippen LogP contribution in [0.25, 0.3) is 11.4 Å². The maximum atomic E-state index is 4.70. The molecule has 0 fully saturated rings. The van der Waals surface area contributed by atoms with Crippen LogP contribution in [0.15, 0.2) is 85.2 Å². The summed E-state index contributed by atoms with van der Waals surface area (Å²) >= 11 is 0. The summed E-state index contributed by atoms with van der Waals surface area (Å²) < 4.78 is 2.30. The number of hydrogen-bond acceptors (Lipinski definition) is 2. The molecule has 130 valence electrons. The van der Waals surface area contributed by atoms with Gasteiger partial charge in [-0.1, -0.05) is 59.7 Å². The maximum Gasteiger partial charge on any atom is 0.421 e. The lowest BCUT2D eigenvalue weighted by atomic mass is 9.60. The second-order valence-corrected chi connectivity index (χ2v) is 7.06. The zero-order valence-electron chi connectivity index (χ0n) is 15.5. The number of fused-ring (bicyclic) bond motifs is 3. The van der Waals surface area contributed by atoms with Gasteiger partial charge in [0, 0.05) is 29.3 Å². The van der Waals surface area contributed by atoms with Crippen LogP contribution in [0.2, 0.25) is 0 Å². The SMILES string of the molecule is Cc1cccc(C)c1B1N(c2ccccc2)c2ccccc2-c2nccn21. The second-order valence-electron chi connectivity index (χ2n) is 7.06. The van der Waals surface area contributed by atoms with Gasteiger partial charge in [0.2, 0.25) is 0 Å². The number of benzene rings is 3. The molecule has 0 bridgehead atoms. The Kier molecular flexibility index (Phi) is 3.64. The van der Waals surface area contributed by atoms with Crippen molar-refractivity contribution in [3.63, 3.8) is 0 Å². The van der Waals surface area contributed by atoms with Crippen molar-refractivity contribution in [2.24, 2.45) is 0 Å². The number of aromatic nitrogens is 2. The Morgan fingerprint density at radius 2 is 1.48 bits per heavy atom. The van der Waals surface area contributed by atoms with Crippen LogP contribution in [0.5, 0.6) is 0 Å². The summed E-state index contributed by atoms with van der Waals surface area (Å²) in [7, 11) is 0. The van der Waals surface area contributed by atoms with Gasteiger partial charge in [0.25, 0.3) is 0 Å². The summed E-state index contributed by atoms with van der Waals surface area (Å²) in [5, 5.41) is 0. The minimum absolute atomic E-state index is 0.0287. The van der Waals surface area contributed by atoms with Crippen LogP contribution in [0.1, 0.15) is 11.1 Å². The number of anilines is 2. The van der Waals surface area contributed by atoms with Gasteiger partial charge in [0.05, 0.1) is 0 Å². The molecule has 1 aromatic heterocycles. The van der Waals surface area contributed by atoms with Gasteiger partial charge >= 0.3 is 6.98 Å². The molecule has 3 aromatic carbocycles. The summed E-state index contributed by atoms with van der Waals surface area (Å²) in [5.41, 5.74) is 7.44. The van der Waals surface area contributed by atoms with E-state index in [0.29, 0.717) is 0 Å². The molecule has 4 heteroatoms. The molecular formula is C23H20BN3. The first-order valence-corrected chi connectivity index (χ1v) is 9.28. The molecule has 0 aliphatic carbocycles. The number of aryl methyl sites for hydroxylation is 2.